The van der Waals surface area contributed by atoms with Crippen LogP contribution < -0.4 is 9.64 Å². The lowest BCUT2D eigenvalue weighted by atomic mass is 9.95. The first-order valence-electron chi connectivity index (χ1n) is 10.1. The van der Waals surface area contributed by atoms with Crippen molar-refractivity contribution in [2.75, 3.05) is 26.1 Å². The number of rotatable bonds is 6. The number of carbonyl (C=O) groups is 2. The van der Waals surface area contributed by atoms with Crippen LogP contribution in [0.5, 0.6) is 5.75 Å². The van der Waals surface area contributed by atoms with Crippen LogP contribution in [0.15, 0.2) is 76.9 Å². The van der Waals surface area contributed by atoms with Gasteiger partial charge in [-0.3, -0.25) is 9.59 Å². The van der Waals surface area contributed by atoms with E-state index in [0.717, 1.165) is 5.69 Å². The number of carbonyl (C=O) groups excluding carboxylic acids is 2. The summed E-state index contributed by atoms with van der Waals surface area (Å²) < 4.78 is 10.7. The quantitative estimate of drug-likeness (QED) is 0.360. The summed E-state index contributed by atoms with van der Waals surface area (Å²) in [4.78, 5) is 29.5. The molecule has 0 radical (unpaired) electrons. The Kier molecular flexibility index (Phi) is 5.73. The van der Waals surface area contributed by atoms with Gasteiger partial charge in [0.15, 0.2) is 0 Å². The summed E-state index contributed by atoms with van der Waals surface area (Å²) in [7, 11) is 5.38. The van der Waals surface area contributed by atoms with E-state index >= 15 is 0 Å². The Bertz CT molecular complexity index is 1160. The monoisotopic (exact) mass is 432 g/mol. The number of Topliss-reactive ketones (excluding diaryl/α,β-unsaturated/α-hetero) is 1. The third kappa shape index (κ3) is 3.85. The SMILES string of the molecule is COc1cccc(C(O)=C2C(=O)C(=O)N(Cc3ccco3)C2c2ccc(N(C)C)cc2)c1. The van der Waals surface area contributed by atoms with Crippen molar-refractivity contribution in [3.05, 3.63) is 89.4 Å². The normalized spacial score (nSPS) is 17.6. The minimum absolute atomic E-state index is 0.0346. The number of amides is 1. The lowest BCUT2D eigenvalue weighted by molar-refractivity contribution is -0.140. The summed E-state index contributed by atoms with van der Waals surface area (Å²) in [6.45, 7) is 0.104. The Morgan fingerprint density at radius 1 is 1.09 bits per heavy atom. The second-order valence-electron chi connectivity index (χ2n) is 7.72. The van der Waals surface area contributed by atoms with Crippen molar-refractivity contribution in [3.63, 3.8) is 0 Å². The summed E-state index contributed by atoms with van der Waals surface area (Å²) in [5.41, 5.74) is 2.12. The topological polar surface area (TPSA) is 83.2 Å². The minimum atomic E-state index is -0.762. The molecule has 1 aliphatic heterocycles. The van der Waals surface area contributed by atoms with Crippen molar-refractivity contribution in [2.45, 2.75) is 12.6 Å². The fourth-order valence-electron chi connectivity index (χ4n) is 3.84. The lowest BCUT2D eigenvalue weighted by Gasteiger charge is -2.25. The van der Waals surface area contributed by atoms with E-state index in [1.807, 2.05) is 43.3 Å². The number of likely N-dealkylation sites (tertiary alicyclic amines) is 1. The van der Waals surface area contributed by atoms with Crippen LogP contribution in [0.1, 0.15) is 22.9 Å². The van der Waals surface area contributed by atoms with Crippen LogP contribution in [0.2, 0.25) is 0 Å². The number of anilines is 1. The molecular formula is C25H24N2O5. The van der Waals surface area contributed by atoms with Crippen LogP contribution in [0.3, 0.4) is 0 Å². The van der Waals surface area contributed by atoms with Crippen LogP contribution in [-0.2, 0) is 16.1 Å². The zero-order valence-corrected chi connectivity index (χ0v) is 18.1. The Hall–Kier alpha value is -4.00. The summed E-state index contributed by atoms with van der Waals surface area (Å²) in [6.07, 6.45) is 1.52. The Labute approximate surface area is 186 Å². The average molecular weight is 432 g/mol. The van der Waals surface area contributed by atoms with E-state index < -0.39 is 17.7 Å². The Morgan fingerprint density at radius 2 is 1.84 bits per heavy atom. The number of furan rings is 1. The van der Waals surface area contributed by atoms with E-state index in [9.17, 15) is 14.7 Å². The molecule has 7 nitrogen and oxygen atoms in total. The summed E-state index contributed by atoms with van der Waals surface area (Å²) in [5, 5.41) is 11.1. The molecule has 7 heteroatoms. The number of hydrogen-bond acceptors (Lipinski definition) is 6. The number of aliphatic hydroxyl groups is 1. The smallest absolute Gasteiger partial charge is 0.296 e. The first-order chi connectivity index (χ1) is 15.4. The molecule has 1 N–H and O–H groups in total. The van der Waals surface area contributed by atoms with Crippen molar-refractivity contribution in [1.82, 2.24) is 4.90 Å². The molecule has 3 aromatic rings. The van der Waals surface area contributed by atoms with Crippen LogP contribution in [-0.4, -0.2) is 42.9 Å². The number of ether oxygens (including phenoxy) is 1. The molecule has 2 aromatic carbocycles. The molecule has 1 aromatic heterocycles. The standard InChI is InChI=1S/C25H24N2O5/c1-26(2)18-11-9-16(10-12-18)22-21(23(28)17-6-4-7-19(14-17)31-3)24(29)25(30)27(22)15-20-8-5-13-32-20/h4-14,22,28H,15H2,1-3H3. The molecule has 0 spiro atoms. The van der Waals surface area contributed by atoms with Gasteiger partial charge in [0.1, 0.15) is 17.3 Å². The third-order valence-electron chi connectivity index (χ3n) is 5.51. The largest absolute Gasteiger partial charge is 0.507 e. The molecule has 1 fully saturated rings. The summed E-state index contributed by atoms with van der Waals surface area (Å²) in [5.74, 6) is -0.592. The molecule has 0 saturated carbocycles. The van der Waals surface area contributed by atoms with Crippen molar-refractivity contribution in [1.29, 1.82) is 0 Å². The highest BCUT2D eigenvalue weighted by molar-refractivity contribution is 6.46. The van der Waals surface area contributed by atoms with Crippen LogP contribution in [0.4, 0.5) is 5.69 Å². The van der Waals surface area contributed by atoms with E-state index in [4.69, 9.17) is 9.15 Å². The molecule has 2 heterocycles. The maximum atomic E-state index is 13.1. The van der Waals surface area contributed by atoms with Gasteiger partial charge in [-0.2, -0.15) is 0 Å². The molecule has 32 heavy (non-hydrogen) atoms. The number of nitrogens with zero attached hydrogens (tertiary/aromatic N) is 2. The van der Waals surface area contributed by atoms with Crippen molar-refractivity contribution in [2.24, 2.45) is 0 Å². The number of hydrogen-bond donors (Lipinski definition) is 1. The molecule has 164 valence electrons. The van der Waals surface area contributed by atoms with Crippen LogP contribution in [0, 0.1) is 0 Å². The fraction of sp³-hybridized carbons (Fsp3) is 0.200. The average Bonchev–Trinajstić information content (AvgIpc) is 3.41. The fourth-order valence-corrected chi connectivity index (χ4v) is 3.84. The van der Waals surface area contributed by atoms with Crippen molar-refractivity contribution >= 4 is 23.1 Å². The first kappa shape index (κ1) is 21.2. The highest BCUT2D eigenvalue weighted by atomic mass is 16.5. The predicted octanol–water partition coefficient (Wildman–Crippen LogP) is 3.98. The number of ketones is 1. The molecule has 1 unspecified atom stereocenters. The summed E-state index contributed by atoms with van der Waals surface area (Å²) >= 11 is 0. The predicted molar refractivity (Wildman–Crippen MR) is 120 cm³/mol. The van der Waals surface area contributed by atoms with E-state index in [0.29, 0.717) is 22.6 Å². The van der Waals surface area contributed by atoms with Crippen LogP contribution >= 0.6 is 0 Å². The minimum Gasteiger partial charge on any atom is -0.507 e. The molecule has 0 aliphatic carbocycles. The summed E-state index contributed by atoms with van der Waals surface area (Å²) in [6, 6.07) is 17.0. The Balaban J connectivity index is 1.85. The number of benzene rings is 2. The zero-order chi connectivity index (χ0) is 22.8. The molecule has 4 rings (SSSR count). The first-order valence-corrected chi connectivity index (χ1v) is 10.1. The van der Waals surface area contributed by atoms with Gasteiger partial charge in [0.25, 0.3) is 11.7 Å². The van der Waals surface area contributed by atoms with Gasteiger partial charge in [-0.05, 0) is 42.0 Å². The van der Waals surface area contributed by atoms with E-state index in [-0.39, 0.29) is 17.9 Å². The van der Waals surface area contributed by atoms with Gasteiger partial charge < -0.3 is 24.1 Å². The third-order valence-corrected chi connectivity index (χ3v) is 5.51. The maximum absolute atomic E-state index is 13.1. The molecule has 1 atom stereocenters. The highest BCUT2D eigenvalue weighted by Gasteiger charge is 2.46. The van der Waals surface area contributed by atoms with E-state index in [1.54, 1.807) is 36.4 Å². The van der Waals surface area contributed by atoms with Gasteiger partial charge >= 0.3 is 0 Å². The molecule has 1 amide bonds. The molecule has 0 bridgehead atoms. The van der Waals surface area contributed by atoms with Gasteiger partial charge in [-0.1, -0.05) is 24.3 Å². The lowest BCUT2D eigenvalue weighted by Crippen LogP contribution is -2.29. The zero-order valence-electron chi connectivity index (χ0n) is 18.1. The van der Waals surface area contributed by atoms with Gasteiger partial charge in [0.2, 0.25) is 0 Å². The number of methoxy groups -OCH3 is 1. The molecular weight excluding hydrogens is 408 g/mol. The second kappa shape index (κ2) is 8.63. The molecule has 1 aliphatic rings. The van der Waals surface area contributed by atoms with Crippen molar-refractivity contribution < 1.29 is 23.8 Å². The maximum Gasteiger partial charge on any atom is 0.296 e. The van der Waals surface area contributed by atoms with E-state index in [1.165, 1.54) is 18.3 Å². The highest BCUT2D eigenvalue weighted by Crippen LogP contribution is 2.41. The second-order valence-corrected chi connectivity index (χ2v) is 7.72. The van der Waals surface area contributed by atoms with Gasteiger partial charge in [-0.15, -0.1) is 0 Å². The molecule has 1 saturated heterocycles. The van der Waals surface area contributed by atoms with Gasteiger partial charge in [-0.25, -0.2) is 0 Å². The van der Waals surface area contributed by atoms with Crippen LogP contribution in [0.25, 0.3) is 5.76 Å². The van der Waals surface area contributed by atoms with Crippen molar-refractivity contribution in [3.8, 4) is 5.75 Å². The van der Waals surface area contributed by atoms with Gasteiger partial charge in [0.05, 0.1) is 31.5 Å². The Morgan fingerprint density at radius 3 is 2.47 bits per heavy atom. The van der Waals surface area contributed by atoms with E-state index in [2.05, 4.69) is 0 Å². The number of aliphatic hydroxyl groups excluding tert-OH is 1. The van der Waals surface area contributed by atoms with Gasteiger partial charge in [0, 0.05) is 25.3 Å².